The topological polar surface area (TPSA) is 154 Å². The van der Waals surface area contributed by atoms with Gasteiger partial charge in [-0.15, -0.1) is 42.7 Å². The summed E-state index contributed by atoms with van der Waals surface area (Å²) in [5.41, 5.74) is -0.931. The number of rotatable bonds is 15. The number of carbonyl (C=O) groups is 3. The monoisotopic (exact) mass is 924 g/mol. The third-order valence-corrected chi connectivity index (χ3v) is 14.4. The average molecular weight is 926 g/mol. The van der Waals surface area contributed by atoms with Crippen LogP contribution in [0.1, 0.15) is 57.9 Å². The third kappa shape index (κ3) is 9.55. The number of nitrogens with one attached hydrogen (secondary N) is 1. The number of Topliss-reactive ketones (excluding diaryl/α,β-unsaturated/α-hetero) is 1. The molecule has 3 fully saturated rings. The van der Waals surface area contributed by atoms with E-state index >= 15 is 0 Å². The van der Waals surface area contributed by atoms with E-state index in [1.54, 1.807) is 29.7 Å². The standard InChI is InChI=1S/C42H46ClFN4O8S2.2ClH/c1-7-23-18-42(23,40(51)47-58(52,53)27-10-11-27)19-34(49)33-16-26(56-38-29-14-24(43)8-12-28(29)36(55-6)20-45-38)21-48(33)39(50)31(41(2,3)4)17-37-46-32(22-57-37)30-15-25(44)9-13-35(30)54-5;;/h7-9,12-15,20,22-23,26-27,31,33H,1,10-11,16-19,21H2,2-6H3,(H,47,51);2*1H/t23-,26-,31-,33+,42-;;/m1../s1. The van der Waals surface area contributed by atoms with E-state index in [1.807, 2.05) is 20.8 Å². The summed E-state index contributed by atoms with van der Waals surface area (Å²) in [4.78, 5) is 54.1. The number of hydrogen-bond donors (Lipinski definition) is 1. The first-order chi connectivity index (χ1) is 27.5. The Morgan fingerprint density at radius 2 is 1.82 bits per heavy atom. The number of fused-ring (bicyclic) bond motifs is 1. The molecular formula is C42H48Cl3FN4O8S2. The molecule has 1 aliphatic heterocycles. The van der Waals surface area contributed by atoms with Crippen LogP contribution in [0.4, 0.5) is 4.39 Å². The Labute approximate surface area is 370 Å². The van der Waals surface area contributed by atoms with Crippen molar-refractivity contribution in [2.75, 3.05) is 20.8 Å². The average Bonchev–Trinajstić information content (AvgIpc) is 4.07. The van der Waals surface area contributed by atoms with Gasteiger partial charge in [0, 0.05) is 51.9 Å². The molecule has 2 aliphatic carbocycles. The van der Waals surface area contributed by atoms with E-state index in [4.69, 9.17) is 30.8 Å². The van der Waals surface area contributed by atoms with E-state index in [1.165, 1.54) is 54.9 Å². The van der Waals surface area contributed by atoms with Gasteiger partial charge in [-0.25, -0.2) is 22.8 Å². The van der Waals surface area contributed by atoms with Gasteiger partial charge >= 0.3 is 0 Å². The number of nitrogens with zero attached hydrogens (tertiary/aromatic N) is 3. The van der Waals surface area contributed by atoms with Crippen molar-refractivity contribution in [2.45, 2.75) is 76.7 Å². The predicted octanol–water partition coefficient (Wildman–Crippen LogP) is 8.02. The van der Waals surface area contributed by atoms with Crippen LogP contribution < -0.4 is 18.9 Å². The molecule has 0 radical (unpaired) electrons. The molecule has 18 heteroatoms. The largest absolute Gasteiger partial charge is 0.496 e. The van der Waals surface area contributed by atoms with Crippen LogP contribution in [0.2, 0.25) is 5.02 Å². The second kappa shape index (κ2) is 18.1. The highest BCUT2D eigenvalue weighted by molar-refractivity contribution is 7.90. The van der Waals surface area contributed by atoms with Gasteiger partial charge in [0.25, 0.3) is 0 Å². The first-order valence-corrected chi connectivity index (χ1v) is 21.9. The van der Waals surface area contributed by atoms with Crippen LogP contribution in [0, 0.1) is 28.5 Å². The zero-order valence-electron chi connectivity index (χ0n) is 33.7. The summed E-state index contributed by atoms with van der Waals surface area (Å²) in [5.74, 6) is -1.73. The molecule has 7 rings (SSSR count). The molecule has 0 bridgehead atoms. The lowest BCUT2D eigenvalue weighted by atomic mass is 9.77. The predicted molar refractivity (Wildman–Crippen MR) is 233 cm³/mol. The van der Waals surface area contributed by atoms with Crippen LogP contribution in [0.25, 0.3) is 22.0 Å². The number of hydrogen-bond acceptors (Lipinski definition) is 11. The highest BCUT2D eigenvalue weighted by atomic mass is 35.5. The number of methoxy groups -OCH3 is 2. The molecule has 324 valence electrons. The molecule has 12 nitrogen and oxygen atoms in total. The van der Waals surface area contributed by atoms with Crippen molar-refractivity contribution in [1.82, 2.24) is 19.6 Å². The van der Waals surface area contributed by atoms with Gasteiger partial charge in [0.2, 0.25) is 27.7 Å². The minimum atomic E-state index is -3.87. The van der Waals surface area contributed by atoms with Gasteiger partial charge in [-0.05, 0) is 67.0 Å². The van der Waals surface area contributed by atoms with Crippen LogP contribution in [-0.2, 0) is 30.8 Å². The van der Waals surface area contributed by atoms with E-state index < -0.39 is 61.8 Å². The quantitative estimate of drug-likeness (QED) is 0.116. The minimum Gasteiger partial charge on any atom is -0.496 e. The fourth-order valence-electron chi connectivity index (χ4n) is 7.87. The van der Waals surface area contributed by atoms with E-state index in [2.05, 4.69) is 16.3 Å². The van der Waals surface area contributed by atoms with Gasteiger partial charge in [0.05, 0.1) is 54.4 Å². The Bertz CT molecular complexity index is 2410. The molecule has 3 heterocycles. The van der Waals surface area contributed by atoms with Gasteiger partial charge in [-0.1, -0.05) is 38.4 Å². The number of sulfonamides is 1. The molecule has 1 saturated heterocycles. The third-order valence-electron chi connectivity index (χ3n) is 11.5. The number of carbonyl (C=O) groups excluding carboxylic acids is 3. The lowest BCUT2D eigenvalue weighted by molar-refractivity contribution is -0.144. The van der Waals surface area contributed by atoms with Crippen LogP contribution >= 0.6 is 47.8 Å². The normalized spacial score (nSPS) is 21.6. The fraction of sp³-hybridized carbons (Fsp3) is 0.452. The molecule has 0 spiro atoms. The lowest BCUT2D eigenvalue weighted by Gasteiger charge is -2.35. The van der Waals surface area contributed by atoms with Crippen molar-refractivity contribution < 1.29 is 41.4 Å². The van der Waals surface area contributed by atoms with Crippen LogP contribution in [-0.4, -0.2) is 79.0 Å². The summed E-state index contributed by atoms with van der Waals surface area (Å²) in [6.07, 6.45) is 3.64. The van der Waals surface area contributed by atoms with Crippen molar-refractivity contribution in [3.63, 3.8) is 0 Å². The van der Waals surface area contributed by atoms with Crippen LogP contribution in [0.3, 0.4) is 0 Å². The first kappa shape index (κ1) is 47.0. The summed E-state index contributed by atoms with van der Waals surface area (Å²) in [6, 6.07) is 8.42. The summed E-state index contributed by atoms with van der Waals surface area (Å²) in [6.45, 7) is 9.69. The summed E-state index contributed by atoms with van der Waals surface area (Å²) >= 11 is 7.72. The van der Waals surface area contributed by atoms with E-state index in [-0.39, 0.29) is 74.6 Å². The van der Waals surface area contributed by atoms with Gasteiger partial charge in [-0.2, -0.15) is 0 Å². The SMILES string of the molecule is C=C[C@@H]1C[C@]1(CC(=O)[C@@H]1C[C@@H](Oc2ncc(OC)c3ccc(Cl)cc23)CN1C(=O)[C@@H](Cc1nc(-c2cc(F)ccc2OC)cs1)C(C)(C)C)C(=O)NS(=O)(=O)C1CC1.Cl.Cl. The maximum atomic E-state index is 15.0. The number of aromatic nitrogens is 2. The Balaban J connectivity index is 0.00000341. The number of thiazole rings is 1. The zero-order chi connectivity index (χ0) is 41.7. The number of allylic oxidation sites excluding steroid dienone is 1. The number of benzene rings is 2. The molecule has 4 aromatic rings. The van der Waals surface area contributed by atoms with Gasteiger partial charge < -0.3 is 19.1 Å². The number of likely N-dealkylation sites (tertiary alicyclic amines) is 1. The number of halogens is 4. The zero-order valence-corrected chi connectivity index (χ0v) is 37.8. The fourth-order valence-corrected chi connectivity index (χ4v) is 10.3. The smallest absolute Gasteiger partial charge is 0.240 e. The molecule has 2 saturated carbocycles. The Morgan fingerprint density at radius 3 is 2.45 bits per heavy atom. The van der Waals surface area contributed by atoms with E-state index in [0.717, 1.165) is 0 Å². The maximum absolute atomic E-state index is 15.0. The van der Waals surface area contributed by atoms with Gasteiger partial charge in [-0.3, -0.25) is 19.1 Å². The molecule has 3 aliphatic rings. The van der Waals surface area contributed by atoms with Crippen LogP contribution in [0.5, 0.6) is 17.4 Å². The highest BCUT2D eigenvalue weighted by Gasteiger charge is 2.61. The lowest BCUT2D eigenvalue weighted by Crippen LogP contribution is -2.48. The molecule has 0 unspecified atom stereocenters. The maximum Gasteiger partial charge on any atom is 0.240 e. The van der Waals surface area contributed by atoms with Crippen molar-refractivity contribution >= 4 is 86.1 Å². The highest BCUT2D eigenvalue weighted by Crippen LogP contribution is 2.57. The van der Waals surface area contributed by atoms with E-state index in [9.17, 15) is 27.2 Å². The van der Waals surface area contributed by atoms with Crippen LogP contribution in [0.15, 0.2) is 60.6 Å². The number of amides is 2. The summed E-state index contributed by atoms with van der Waals surface area (Å²) < 4.78 is 59.6. The number of ether oxygens (including phenoxy) is 3. The molecule has 5 atom stereocenters. The summed E-state index contributed by atoms with van der Waals surface area (Å²) in [7, 11) is -0.847. The molecule has 2 aromatic heterocycles. The minimum absolute atomic E-state index is 0. The van der Waals surface area contributed by atoms with Crippen molar-refractivity contribution in [2.24, 2.45) is 22.7 Å². The van der Waals surface area contributed by atoms with Crippen molar-refractivity contribution in [3.8, 4) is 28.6 Å². The Hall–Kier alpha value is -4.02. The Kier molecular flexibility index (Phi) is 14.2. The molecule has 1 N–H and O–H groups in total. The van der Waals surface area contributed by atoms with Gasteiger partial charge in [0.15, 0.2) is 5.78 Å². The molecule has 60 heavy (non-hydrogen) atoms. The second-order valence-electron chi connectivity index (χ2n) is 16.4. The second-order valence-corrected chi connectivity index (χ2v) is 19.8. The van der Waals surface area contributed by atoms with Crippen molar-refractivity contribution in [3.05, 3.63) is 76.5 Å². The van der Waals surface area contributed by atoms with Gasteiger partial charge in [0.1, 0.15) is 23.4 Å². The summed E-state index contributed by atoms with van der Waals surface area (Å²) in [5, 5.41) is 3.55. The first-order valence-electron chi connectivity index (χ1n) is 19.1. The molecular weight excluding hydrogens is 878 g/mol. The number of ketones is 1. The number of pyridine rings is 1. The van der Waals surface area contributed by atoms with E-state index in [0.29, 0.717) is 56.4 Å². The Morgan fingerprint density at radius 1 is 1.10 bits per heavy atom. The van der Waals surface area contributed by atoms with Crippen molar-refractivity contribution in [1.29, 1.82) is 0 Å². The molecule has 2 aromatic carbocycles. The molecule has 2 amide bonds.